The number of hydrogen-bond acceptors (Lipinski definition) is 6. The van der Waals surface area contributed by atoms with E-state index in [1.54, 1.807) is 0 Å². The number of nitro groups is 2. The van der Waals surface area contributed by atoms with Gasteiger partial charge in [0, 0.05) is 13.0 Å². The standard InChI is InChI=1S/C8H6N4O5/c1-5(13)9-10-7-3-2-6(11(14)15)4-8(7)12(16)17/h2-4H,1H3. The zero-order chi connectivity index (χ0) is 13.0. The largest absolute Gasteiger partial charge is 0.303 e. The molecule has 1 aromatic carbocycles. The number of carbonyl (C=O) groups excluding carboxylic acids is 1. The molecular weight excluding hydrogens is 232 g/mol. The number of azo groups is 1. The minimum absolute atomic E-state index is 0.212. The Morgan fingerprint density at radius 1 is 1.24 bits per heavy atom. The fourth-order valence-electron chi connectivity index (χ4n) is 0.980. The van der Waals surface area contributed by atoms with E-state index in [4.69, 9.17) is 0 Å². The first-order chi connectivity index (χ1) is 7.91. The Morgan fingerprint density at radius 2 is 1.88 bits per heavy atom. The second kappa shape index (κ2) is 4.88. The Labute approximate surface area is 94.1 Å². The minimum Gasteiger partial charge on any atom is -0.271 e. The van der Waals surface area contributed by atoms with Crippen LogP contribution in [0.2, 0.25) is 0 Å². The van der Waals surface area contributed by atoms with Gasteiger partial charge in [0.05, 0.1) is 15.9 Å². The highest BCUT2D eigenvalue weighted by Crippen LogP contribution is 2.31. The lowest BCUT2D eigenvalue weighted by atomic mass is 10.2. The van der Waals surface area contributed by atoms with Crippen LogP contribution in [0.15, 0.2) is 28.4 Å². The monoisotopic (exact) mass is 238 g/mol. The summed E-state index contributed by atoms with van der Waals surface area (Å²) in [7, 11) is 0. The number of nitro benzene ring substituents is 2. The zero-order valence-corrected chi connectivity index (χ0v) is 8.56. The molecule has 0 aromatic heterocycles. The molecule has 0 aliphatic rings. The predicted octanol–water partition coefficient (Wildman–Crippen LogP) is 2.13. The lowest BCUT2D eigenvalue weighted by Gasteiger charge is -1.96. The molecule has 0 fully saturated rings. The number of amides is 1. The molecule has 0 atom stereocenters. The molecule has 0 spiro atoms. The maximum Gasteiger partial charge on any atom is 0.303 e. The smallest absolute Gasteiger partial charge is 0.271 e. The summed E-state index contributed by atoms with van der Waals surface area (Å²) in [6, 6.07) is 2.86. The number of carbonyl (C=O) groups is 1. The number of benzene rings is 1. The van der Waals surface area contributed by atoms with Crippen LogP contribution in [0, 0.1) is 20.2 Å². The normalized spacial score (nSPS) is 10.4. The van der Waals surface area contributed by atoms with E-state index in [9.17, 15) is 25.0 Å². The molecule has 0 aliphatic carbocycles. The van der Waals surface area contributed by atoms with Crippen LogP contribution in [0.4, 0.5) is 17.1 Å². The molecule has 0 bridgehead atoms. The lowest BCUT2D eigenvalue weighted by Crippen LogP contribution is -1.92. The molecule has 0 saturated carbocycles. The van der Waals surface area contributed by atoms with E-state index in [0.717, 1.165) is 25.1 Å². The van der Waals surface area contributed by atoms with E-state index >= 15 is 0 Å². The Balaban J connectivity index is 3.27. The SMILES string of the molecule is CC(=O)N=Nc1ccc([N+](=O)[O-])cc1[N+](=O)[O-]. The summed E-state index contributed by atoms with van der Waals surface area (Å²) in [6.07, 6.45) is 0. The van der Waals surface area contributed by atoms with Crippen molar-refractivity contribution in [1.29, 1.82) is 0 Å². The van der Waals surface area contributed by atoms with Gasteiger partial charge < -0.3 is 0 Å². The summed E-state index contributed by atoms with van der Waals surface area (Å²) >= 11 is 0. The molecule has 17 heavy (non-hydrogen) atoms. The first-order valence-electron chi connectivity index (χ1n) is 4.27. The Bertz CT molecular complexity index is 525. The molecule has 1 rings (SSSR count). The van der Waals surface area contributed by atoms with Gasteiger partial charge in [0.2, 0.25) is 0 Å². The Morgan fingerprint density at radius 3 is 2.35 bits per heavy atom. The molecule has 0 N–H and O–H groups in total. The van der Waals surface area contributed by atoms with Crippen LogP contribution in [0.25, 0.3) is 0 Å². The van der Waals surface area contributed by atoms with Crippen LogP contribution < -0.4 is 0 Å². The van der Waals surface area contributed by atoms with Crippen LogP contribution >= 0.6 is 0 Å². The molecule has 1 amide bonds. The van der Waals surface area contributed by atoms with Crippen LogP contribution in [-0.2, 0) is 4.79 Å². The first-order valence-corrected chi connectivity index (χ1v) is 4.27. The lowest BCUT2D eigenvalue weighted by molar-refractivity contribution is -0.393. The number of rotatable bonds is 3. The van der Waals surface area contributed by atoms with E-state index in [2.05, 4.69) is 10.2 Å². The third-order valence-corrected chi connectivity index (χ3v) is 1.67. The highest BCUT2D eigenvalue weighted by Gasteiger charge is 2.19. The van der Waals surface area contributed by atoms with Gasteiger partial charge in [-0.15, -0.1) is 10.2 Å². The van der Waals surface area contributed by atoms with Crippen LogP contribution in [0.3, 0.4) is 0 Å². The van der Waals surface area contributed by atoms with E-state index in [1.165, 1.54) is 0 Å². The fourth-order valence-corrected chi connectivity index (χ4v) is 0.980. The number of nitrogens with zero attached hydrogens (tertiary/aromatic N) is 4. The van der Waals surface area contributed by atoms with E-state index in [-0.39, 0.29) is 5.69 Å². The maximum atomic E-state index is 10.6. The van der Waals surface area contributed by atoms with Crippen molar-refractivity contribution in [3.05, 3.63) is 38.4 Å². The van der Waals surface area contributed by atoms with Gasteiger partial charge in [-0.2, -0.15) is 0 Å². The van der Waals surface area contributed by atoms with Gasteiger partial charge in [-0.25, -0.2) is 0 Å². The van der Waals surface area contributed by atoms with E-state index in [1.807, 2.05) is 0 Å². The predicted molar refractivity (Wildman–Crippen MR) is 54.9 cm³/mol. The number of non-ortho nitro benzene ring substituents is 1. The van der Waals surface area contributed by atoms with E-state index in [0.29, 0.717) is 0 Å². The van der Waals surface area contributed by atoms with Crippen LogP contribution in [0.1, 0.15) is 6.92 Å². The summed E-state index contributed by atoms with van der Waals surface area (Å²) in [5.41, 5.74) is -1.22. The van der Waals surface area contributed by atoms with Gasteiger partial charge >= 0.3 is 5.69 Å². The van der Waals surface area contributed by atoms with Crippen molar-refractivity contribution < 1.29 is 14.6 Å². The van der Waals surface area contributed by atoms with Gasteiger partial charge in [0.25, 0.3) is 11.6 Å². The molecule has 9 heteroatoms. The second-order valence-corrected chi connectivity index (χ2v) is 2.91. The Kier molecular flexibility index (Phi) is 3.55. The van der Waals surface area contributed by atoms with Crippen LogP contribution in [-0.4, -0.2) is 15.8 Å². The van der Waals surface area contributed by atoms with E-state index < -0.39 is 27.1 Å². The van der Waals surface area contributed by atoms with Gasteiger partial charge in [-0.05, 0) is 6.07 Å². The van der Waals surface area contributed by atoms with Gasteiger partial charge in [0.15, 0.2) is 5.69 Å². The van der Waals surface area contributed by atoms with Crippen molar-refractivity contribution in [1.82, 2.24) is 0 Å². The van der Waals surface area contributed by atoms with Crippen LogP contribution in [0.5, 0.6) is 0 Å². The average molecular weight is 238 g/mol. The molecule has 0 aliphatic heterocycles. The summed E-state index contributed by atoms with van der Waals surface area (Å²) in [5, 5.41) is 27.5. The van der Waals surface area contributed by atoms with Crippen molar-refractivity contribution in [2.24, 2.45) is 10.2 Å². The molecule has 0 heterocycles. The number of hydrogen-bond donors (Lipinski definition) is 0. The molecule has 9 nitrogen and oxygen atoms in total. The van der Waals surface area contributed by atoms with Gasteiger partial charge in [0.1, 0.15) is 0 Å². The van der Waals surface area contributed by atoms with Gasteiger partial charge in [-0.3, -0.25) is 25.0 Å². The molecule has 0 saturated heterocycles. The third kappa shape index (κ3) is 3.12. The first kappa shape index (κ1) is 12.4. The average Bonchev–Trinajstić information content (AvgIpc) is 2.25. The van der Waals surface area contributed by atoms with Crippen molar-refractivity contribution in [2.75, 3.05) is 0 Å². The molecule has 0 radical (unpaired) electrons. The minimum atomic E-state index is -0.832. The van der Waals surface area contributed by atoms with Crippen molar-refractivity contribution in [2.45, 2.75) is 6.92 Å². The second-order valence-electron chi connectivity index (χ2n) is 2.91. The maximum absolute atomic E-state index is 10.6. The quantitative estimate of drug-likeness (QED) is 0.452. The Hall–Kier alpha value is -2.71. The zero-order valence-electron chi connectivity index (χ0n) is 8.56. The summed E-state index contributed by atoms with van der Waals surface area (Å²) < 4.78 is 0. The molecular formula is C8H6N4O5. The highest BCUT2D eigenvalue weighted by molar-refractivity contribution is 5.74. The molecule has 88 valence electrons. The molecule has 0 unspecified atom stereocenters. The highest BCUT2D eigenvalue weighted by atomic mass is 16.6. The fraction of sp³-hybridized carbons (Fsp3) is 0.125. The molecule has 1 aromatic rings. The van der Waals surface area contributed by atoms with Crippen molar-refractivity contribution in [3.8, 4) is 0 Å². The third-order valence-electron chi connectivity index (χ3n) is 1.67. The van der Waals surface area contributed by atoms with Gasteiger partial charge in [-0.1, -0.05) is 0 Å². The topological polar surface area (TPSA) is 128 Å². The summed E-state index contributed by atoms with van der Waals surface area (Å²) in [4.78, 5) is 30.0. The summed E-state index contributed by atoms with van der Waals surface area (Å²) in [6.45, 7) is 1.13. The van der Waals surface area contributed by atoms with Crippen molar-refractivity contribution >= 4 is 23.0 Å². The summed E-state index contributed by atoms with van der Waals surface area (Å²) in [5.74, 6) is -0.627. The van der Waals surface area contributed by atoms with Crippen molar-refractivity contribution in [3.63, 3.8) is 0 Å².